The van der Waals surface area contributed by atoms with E-state index in [1.54, 1.807) is 16.7 Å². The van der Waals surface area contributed by atoms with Crippen LogP contribution in [0, 0.1) is 5.92 Å². The van der Waals surface area contributed by atoms with Crippen molar-refractivity contribution >= 4 is 0 Å². The van der Waals surface area contributed by atoms with Crippen LogP contribution in [0.15, 0.2) is 47.1 Å². The molecule has 2 N–H and O–H groups in total. The standard InChI is InChI=1S/C24H38.C3H8.CH5N/c1-3-4-5-6-8-14-22-16-12-17-23(20-22)15-11-13-21(2)24-18-9-7-10-19-24;1-3-2;1-2/h9,12,16-18,22H,3-8,10-11,13-15,19-20H2,1-2H3;3H2,1-2H3;2H2,1H3/b24-21-;;. The first kappa shape index (κ1) is 27.9. The summed E-state index contributed by atoms with van der Waals surface area (Å²) >= 11 is 0. The fraction of sp³-hybridized carbons (Fsp3) is 0.714. The molecule has 1 unspecified atom stereocenters. The second-order valence-corrected chi connectivity index (χ2v) is 8.54. The molecule has 29 heavy (non-hydrogen) atoms. The Morgan fingerprint density at radius 3 is 2.41 bits per heavy atom. The Kier molecular flexibility index (Phi) is 19.5. The summed E-state index contributed by atoms with van der Waals surface area (Å²) in [6.45, 7) is 8.89. The smallest absolute Gasteiger partial charge is 0.0193 e. The Balaban J connectivity index is 0.00000143. The predicted molar refractivity (Wildman–Crippen MR) is 134 cm³/mol. The average molecular weight is 402 g/mol. The molecule has 2 aliphatic rings. The van der Waals surface area contributed by atoms with Gasteiger partial charge in [0.05, 0.1) is 0 Å². The molecular weight excluding hydrogens is 350 g/mol. The molecule has 168 valence electrons. The van der Waals surface area contributed by atoms with Crippen molar-refractivity contribution in [1.82, 2.24) is 0 Å². The second-order valence-electron chi connectivity index (χ2n) is 8.54. The zero-order valence-corrected chi connectivity index (χ0v) is 20.4. The molecule has 0 heterocycles. The van der Waals surface area contributed by atoms with Crippen LogP contribution in [0.1, 0.15) is 118 Å². The summed E-state index contributed by atoms with van der Waals surface area (Å²) in [6.07, 6.45) is 30.7. The van der Waals surface area contributed by atoms with E-state index < -0.39 is 0 Å². The Labute approximate surface area is 183 Å². The highest BCUT2D eigenvalue weighted by atomic mass is 14.4. The summed E-state index contributed by atoms with van der Waals surface area (Å²) in [4.78, 5) is 0. The van der Waals surface area contributed by atoms with Crippen LogP contribution in [-0.4, -0.2) is 7.05 Å². The molecule has 1 atom stereocenters. The van der Waals surface area contributed by atoms with Gasteiger partial charge >= 0.3 is 0 Å². The SMILES string of the molecule is CCC.CCCCCCCC1C=CC=C(CCC/C(C)=C2/C=CCCC2)C1.CN. The lowest BCUT2D eigenvalue weighted by atomic mass is 9.87. The molecule has 1 heteroatoms. The molecule has 0 saturated heterocycles. The maximum Gasteiger partial charge on any atom is -0.0193 e. The number of hydrogen-bond donors (Lipinski definition) is 1. The number of allylic oxidation sites excluding steroid dienone is 8. The van der Waals surface area contributed by atoms with E-state index in [9.17, 15) is 0 Å². The molecule has 0 fully saturated rings. The van der Waals surface area contributed by atoms with Crippen molar-refractivity contribution in [2.24, 2.45) is 11.7 Å². The summed E-state index contributed by atoms with van der Waals surface area (Å²) in [5.74, 6) is 0.812. The molecule has 0 bridgehead atoms. The average Bonchev–Trinajstić information content (AvgIpc) is 2.76. The monoisotopic (exact) mass is 401 g/mol. The van der Waals surface area contributed by atoms with Crippen LogP contribution in [0.3, 0.4) is 0 Å². The van der Waals surface area contributed by atoms with Crippen molar-refractivity contribution < 1.29 is 0 Å². The maximum atomic E-state index is 4.50. The molecule has 0 spiro atoms. The highest BCUT2D eigenvalue weighted by Gasteiger charge is 2.11. The van der Waals surface area contributed by atoms with Gasteiger partial charge in [0.1, 0.15) is 0 Å². The van der Waals surface area contributed by atoms with Gasteiger partial charge in [0, 0.05) is 0 Å². The summed E-state index contributed by atoms with van der Waals surface area (Å²) in [5, 5.41) is 0. The van der Waals surface area contributed by atoms with Crippen LogP contribution in [0.5, 0.6) is 0 Å². The van der Waals surface area contributed by atoms with Crippen LogP contribution in [-0.2, 0) is 0 Å². The molecule has 0 aromatic rings. The quantitative estimate of drug-likeness (QED) is 0.363. The summed E-state index contributed by atoms with van der Waals surface area (Å²) in [7, 11) is 1.50. The van der Waals surface area contributed by atoms with E-state index in [-0.39, 0.29) is 0 Å². The molecule has 2 rings (SSSR count). The molecule has 0 saturated carbocycles. The van der Waals surface area contributed by atoms with Crippen molar-refractivity contribution in [1.29, 1.82) is 0 Å². The minimum Gasteiger partial charge on any atom is -0.333 e. The van der Waals surface area contributed by atoms with E-state index in [1.807, 2.05) is 0 Å². The number of rotatable bonds is 10. The summed E-state index contributed by atoms with van der Waals surface area (Å²) in [5.41, 5.74) is 9.43. The molecule has 2 aliphatic carbocycles. The molecular formula is C28H51N. The Morgan fingerprint density at radius 1 is 1.03 bits per heavy atom. The lowest BCUT2D eigenvalue weighted by Gasteiger charge is -2.19. The Hall–Kier alpha value is -1.08. The molecule has 1 nitrogen and oxygen atoms in total. The van der Waals surface area contributed by atoms with E-state index in [0.29, 0.717) is 0 Å². The molecule has 0 aromatic carbocycles. The van der Waals surface area contributed by atoms with Crippen LogP contribution >= 0.6 is 0 Å². The van der Waals surface area contributed by atoms with Gasteiger partial charge in [-0.05, 0) is 76.8 Å². The van der Waals surface area contributed by atoms with Crippen molar-refractivity contribution in [3.05, 3.63) is 47.1 Å². The third kappa shape index (κ3) is 14.5. The van der Waals surface area contributed by atoms with Gasteiger partial charge in [0.15, 0.2) is 0 Å². The zero-order chi connectivity index (χ0) is 21.7. The molecule has 0 amide bonds. The lowest BCUT2D eigenvalue weighted by molar-refractivity contribution is 0.510. The van der Waals surface area contributed by atoms with Gasteiger partial charge in [0.25, 0.3) is 0 Å². The number of hydrogen-bond acceptors (Lipinski definition) is 1. The van der Waals surface area contributed by atoms with Crippen molar-refractivity contribution in [3.8, 4) is 0 Å². The van der Waals surface area contributed by atoms with Gasteiger partial charge in [-0.25, -0.2) is 0 Å². The highest BCUT2D eigenvalue weighted by Crippen LogP contribution is 2.28. The molecule has 0 radical (unpaired) electrons. The second kappa shape index (κ2) is 20.2. The molecule has 0 aromatic heterocycles. The summed E-state index contributed by atoms with van der Waals surface area (Å²) in [6, 6.07) is 0. The van der Waals surface area contributed by atoms with Crippen LogP contribution in [0.2, 0.25) is 0 Å². The predicted octanol–water partition coefficient (Wildman–Crippen LogP) is 9.07. The fourth-order valence-corrected chi connectivity index (χ4v) is 4.03. The lowest BCUT2D eigenvalue weighted by Crippen LogP contribution is -2.03. The minimum absolute atomic E-state index is 0.812. The zero-order valence-electron chi connectivity index (χ0n) is 20.4. The van der Waals surface area contributed by atoms with Crippen molar-refractivity contribution in [2.45, 2.75) is 118 Å². The minimum atomic E-state index is 0.812. The topological polar surface area (TPSA) is 26.0 Å². The van der Waals surface area contributed by atoms with Gasteiger partial charge in [-0.15, -0.1) is 0 Å². The van der Waals surface area contributed by atoms with Gasteiger partial charge < -0.3 is 5.73 Å². The maximum absolute atomic E-state index is 4.50. The van der Waals surface area contributed by atoms with E-state index in [1.165, 1.54) is 96.9 Å². The van der Waals surface area contributed by atoms with E-state index >= 15 is 0 Å². The van der Waals surface area contributed by atoms with E-state index in [0.717, 1.165) is 5.92 Å². The van der Waals surface area contributed by atoms with E-state index in [2.05, 4.69) is 63.8 Å². The number of unbranched alkanes of at least 4 members (excludes halogenated alkanes) is 4. The van der Waals surface area contributed by atoms with Crippen LogP contribution < -0.4 is 5.73 Å². The normalized spacial score (nSPS) is 19.5. The largest absolute Gasteiger partial charge is 0.333 e. The fourth-order valence-electron chi connectivity index (χ4n) is 4.03. The Morgan fingerprint density at radius 2 is 1.76 bits per heavy atom. The van der Waals surface area contributed by atoms with Crippen LogP contribution in [0.25, 0.3) is 0 Å². The van der Waals surface area contributed by atoms with Gasteiger partial charge in [-0.1, -0.05) is 101 Å². The van der Waals surface area contributed by atoms with Gasteiger partial charge in [-0.3, -0.25) is 0 Å². The van der Waals surface area contributed by atoms with Crippen molar-refractivity contribution in [2.75, 3.05) is 7.05 Å². The van der Waals surface area contributed by atoms with Crippen LogP contribution in [0.4, 0.5) is 0 Å². The van der Waals surface area contributed by atoms with Crippen molar-refractivity contribution in [3.63, 3.8) is 0 Å². The first-order valence-electron chi connectivity index (χ1n) is 12.5. The third-order valence-electron chi connectivity index (χ3n) is 5.65. The van der Waals surface area contributed by atoms with E-state index in [4.69, 9.17) is 0 Å². The molecule has 0 aliphatic heterocycles. The third-order valence-corrected chi connectivity index (χ3v) is 5.65. The summed E-state index contributed by atoms with van der Waals surface area (Å²) < 4.78 is 0. The van der Waals surface area contributed by atoms with Gasteiger partial charge in [0.2, 0.25) is 0 Å². The van der Waals surface area contributed by atoms with Gasteiger partial charge in [-0.2, -0.15) is 0 Å². The Bertz CT molecular complexity index is 492. The first-order chi connectivity index (χ1) is 14.2. The highest BCUT2D eigenvalue weighted by molar-refractivity contribution is 5.27. The first-order valence-corrected chi connectivity index (χ1v) is 12.5. The number of nitrogens with two attached hydrogens (primary N) is 1.